The number of amides is 1. The maximum Gasteiger partial charge on any atom is 0.271 e. The van der Waals surface area contributed by atoms with Gasteiger partial charge in [0.1, 0.15) is 0 Å². The summed E-state index contributed by atoms with van der Waals surface area (Å²) in [5, 5.41) is 13.5. The number of hydrogen-bond acceptors (Lipinski definition) is 6. The van der Waals surface area contributed by atoms with Crippen molar-refractivity contribution in [3.63, 3.8) is 0 Å². The van der Waals surface area contributed by atoms with E-state index in [0.717, 1.165) is 15.9 Å². The number of carbonyl (C=O) groups is 1. The number of thiazole rings is 1. The number of nitrogens with one attached hydrogen (secondary N) is 1. The van der Waals surface area contributed by atoms with E-state index in [1.807, 2.05) is 0 Å². The highest BCUT2D eigenvalue weighted by Crippen LogP contribution is 2.30. The van der Waals surface area contributed by atoms with Crippen LogP contribution in [0.2, 0.25) is 5.02 Å². The van der Waals surface area contributed by atoms with Crippen molar-refractivity contribution < 1.29 is 9.72 Å². The van der Waals surface area contributed by atoms with Crippen LogP contribution in [0.3, 0.4) is 0 Å². The zero-order valence-corrected chi connectivity index (χ0v) is 12.8. The molecule has 3 N–H and O–H groups in total. The lowest BCUT2D eigenvalue weighted by molar-refractivity contribution is -0.384. The molecule has 0 radical (unpaired) electrons. The Morgan fingerprint density at radius 2 is 2.25 bits per heavy atom. The first-order valence-electron chi connectivity index (χ1n) is 5.04. The quantitative estimate of drug-likeness (QED) is 0.484. The molecule has 10 heteroatoms. The molecule has 1 heterocycles. The van der Waals surface area contributed by atoms with Crippen LogP contribution in [0.15, 0.2) is 22.1 Å². The number of rotatable bonds is 3. The zero-order chi connectivity index (χ0) is 14.9. The molecule has 2 aromatic rings. The van der Waals surface area contributed by atoms with Crippen LogP contribution < -0.4 is 11.1 Å². The lowest BCUT2D eigenvalue weighted by Gasteiger charge is -2.06. The summed E-state index contributed by atoms with van der Waals surface area (Å²) in [7, 11) is 0. The van der Waals surface area contributed by atoms with E-state index in [1.165, 1.54) is 17.5 Å². The van der Waals surface area contributed by atoms with Crippen molar-refractivity contribution in [2.45, 2.75) is 0 Å². The van der Waals surface area contributed by atoms with Gasteiger partial charge in [-0.2, -0.15) is 0 Å². The Bertz CT molecular complexity index is 706. The van der Waals surface area contributed by atoms with Gasteiger partial charge in [0, 0.05) is 12.1 Å². The van der Waals surface area contributed by atoms with Crippen LogP contribution in [0.5, 0.6) is 0 Å². The van der Waals surface area contributed by atoms with E-state index in [9.17, 15) is 14.9 Å². The first kappa shape index (κ1) is 14.7. The fourth-order valence-electron chi connectivity index (χ4n) is 1.37. The van der Waals surface area contributed by atoms with Gasteiger partial charge in [-0.15, -0.1) is 0 Å². The number of benzene rings is 1. The highest BCUT2D eigenvalue weighted by Gasteiger charge is 2.19. The Labute approximate surface area is 130 Å². The van der Waals surface area contributed by atoms with E-state index in [2.05, 4.69) is 26.2 Å². The first-order chi connectivity index (χ1) is 9.38. The number of nitrogen functional groups attached to an aromatic ring is 1. The molecule has 0 atom stereocenters. The van der Waals surface area contributed by atoms with Crippen LogP contribution >= 0.6 is 38.9 Å². The number of nitro groups is 1. The first-order valence-corrected chi connectivity index (χ1v) is 7.03. The molecule has 0 aliphatic heterocycles. The summed E-state index contributed by atoms with van der Waals surface area (Å²) in [6, 6.07) is 2.16. The van der Waals surface area contributed by atoms with Crippen molar-refractivity contribution in [3.8, 4) is 0 Å². The van der Waals surface area contributed by atoms with E-state index in [-0.39, 0.29) is 22.0 Å². The lowest BCUT2D eigenvalue weighted by atomic mass is 10.1. The summed E-state index contributed by atoms with van der Waals surface area (Å²) in [5.41, 5.74) is 5.26. The SMILES string of the molecule is Nc1c(Cl)cc([N+](=O)[O-])cc1C(=O)Nc1ncc(Br)s1. The molecule has 0 spiro atoms. The number of nitrogens with zero attached hydrogens (tertiary/aromatic N) is 2. The molecule has 0 aliphatic carbocycles. The number of anilines is 2. The molecular weight excluding hydrogens is 372 g/mol. The third kappa shape index (κ3) is 3.06. The molecule has 0 saturated carbocycles. The van der Waals surface area contributed by atoms with Crippen molar-refractivity contribution in [1.82, 2.24) is 4.98 Å². The Hall–Kier alpha value is -1.71. The molecule has 7 nitrogen and oxygen atoms in total. The van der Waals surface area contributed by atoms with Gasteiger partial charge in [-0.25, -0.2) is 4.98 Å². The van der Waals surface area contributed by atoms with Crippen LogP contribution in [0.25, 0.3) is 0 Å². The molecule has 0 bridgehead atoms. The number of hydrogen-bond donors (Lipinski definition) is 2. The normalized spacial score (nSPS) is 10.3. The van der Waals surface area contributed by atoms with Crippen molar-refractivity contribution in [1.29, 1.82) is 0 Å². The van der Waals surface area contributed by atoms with E-state index in [0.29, 0.717) is 5.13 Å². The van der Waals surface area contributed by atoms with E-state index in [1.54, 1.807) is 0 Å². The fourth-order valence-corrected chi connectivity index (χ4v) is 2.69. The fraction of sp³-hybridized carbons (Fsp3) is 0. The average molecular weight is 378 g/mol. The molecule has 0 fully saturated rings. The van der Waals surface area contributed by atoms with Crippen molar-refractivity contribution in [3.05, 3.63) is 42.8 Å². The predicted octanol–water partition coefficient (Wildman–Crippen LogP) is 3.30. The summed E-state index contributed by atoms with van der Waals surface area (Å²) in [4.78, 5) is 26.1. The van der Waals surface area contributed by atoms with E-state index >= 15 is 0 Å². The van der Waals surface area contributed by atoms with Crippen molar-refractivity contribution in [2.24, 2.45) is 0 Å². The van der Waals surface area contributed by atoms with Crippen molar-refractivity contribution in [2.75, 3.05) is 11.1 Å². The number of non-ortho nitro benzene ring substituents is 1. The molecule has 1 aromatic heterocycles. The summed E-state index contributed by atoms with van der Waals surface area (Å²) in [6.07, 6.45) is 1.52. The van der Waals surface area contributed by atoms with Gasteiger partial charge >= 0.3 is 0 Å². The molecule has 0 saturated heterocycles. The Kier molecular flexibility index (Phi) is 4.21. The number of nitro benzene ring substituents is 1. The third-order valence-electron chi connectivity index (χ3n) is 2.27. The minimum absolute atomic E-state index is 0.0228. The van der Waals surface area contributed by atoms with Crippen LogP contribution in [-0.4, -0.2) is 15.8 Å². The van der Waals surface area contributed by atoms with Gasteiger partial charge in [0.2, 0.25) is 0 Å². The highest BCUT2D eigenvalue weighted by molar-refractivity contribution is 9.11. The second-order valence-corrected chi connectivity index (χ2v) is 6.39. The maximum absolute atomic E-state index is 12.1. The molecule has 0 unspecified atom stereocenters. The molecule has 2 rings (SSSR count). The number of halogens is 2. The monoisotopic (exact) mass is 376 g/mol. The van der Waals surface area contributed by atoms with Gasteiger partial charge in [-0.3, -0.25) is 20.2 Å². The smallest absolute Gasteiger partial charge is 0.271 e. The Balaban J connectivity index is 2.36. The minimum atomic E-state index is -0.651. The summed E-state index contributed by atoms with van der Waals surface area (Å²) in [6.45, 7) is 0. The summed E-state index contributed by atoms with van der Waals surface area (Å²) < 4.78 is 0.734. The second-order valence-electron chi connectivity index (χ2n) is 3.57. The van der Waals surface area contributed by atoms with E-state index < -0.39 is 10.8 Å². The molecule has 0 aliphatic rings. The van der Waals surface area contributed by atoms with Crippen LogP contribution in [0, 0.1) is 10.1 Å². The third-order valence-corrected chi connectivity index (χ3v) is 3.97. The minimum Gasteiger partial charge on any atom is -0.397 e. The van der Waals surface area contributed by atoms with Gasteiger partial charge in [0.15, 0.2) is 5.13 Å². The Morgan fingerprint density at radius 3 is 2.80 bits per heavy atom. The van der Waals surface area contributed by atoms with Gasteiger partial charge < -0.3 is 5.73 Å². The van der Waals surface area contributed by atoms with Crippen molar-refractivity contribution >= 4 is 61.3 Å². The standard InChI is InChI=1S/C10H6BrClN4O3S/c11-7-3-14-10(20-7)15-9(17)5-1-4(16(18)19)2-6(12)8(5)13/h1-3H,13H2,(H,14,15,17). The van der Waals surface area contributed by atoms with Crippen LogP contribution in [-0.2, 0) is 0 Å². The highest BCUT2D eigenvalue weighted by atomic mass is 79.9. The second kappa shape index (κ2) is 5.73. The molecule has 1 aromatic carbocycles. The number of nitrogens with two attached hydrogens (primary N) is 1. The average Bonchev–Trinajstić information content (AvgIpc) is 2.77. The zero-order valence-electron chi connectivity index (χ0n) is 9.59. The molecule has 1 amide bonds. The van der Waals surface area contributed by atoms with Gasteiger partial charge in [0.25, 0.3) is 11.6 Å². The number of carbonyl (C=O) groups excluding carboxylic acids is 1. The van der Waals surface area contributed by atoms with Crippen LogP contribution in [0.4, 0.5) is 16.5 Å². The lowest BCUT2D eigenvalue weighted by Crippen LogP contribution is -2.14. The number of aromatic nitrogens is 1. The molecule has 20 heavy (non-hydrogen) atoms. The van der Waals surface area contributed by atoms with Crippen LogP contribution in [0.1, 0.15) is 10.4 Å². The Morgan fingerprint density at radius 1 is 1.55 bits per heavy atom. The molecular formula is C10H6BrClN4O3S. The largest absolute Gasteiger partial charge is 0.397 e. The predicted molar refractivity (Wildman–Crippen MR) is 80.3 cm³/mol. The summed E-state index contributed by atoms with van der Waals surface area (Å²) in [5.74, 6) is -0.616. The maximum atomic E-state index is 12.1. The van der Waals surface area contributed by atoms with Gasteiger partial charge in [-0.05, 0) is 15.9 Å². The topological polar surface area (TPSA) is 111 Å². The molecule has 104 valence electrons. The van der Waals surface area contributed by atoms with E-state index in [4.69, 9.17) is 17.3 Å². The summed E-state index contributed by atoms with van der Waals surface area (Å²) >= 11 is 10.2. The van der Waals surface area contributed by atoms with Gasteiger partial charge in [-0.1, -0.05) is 22.9 Å². The van der Waals surface area contributed by atoms with Gasteiger partial charge in [0.05, 0.1) is 31.2 Å².